The second-order valence-corrected chi connectivity index (χ2v) is 9.69. The molecule has 0 radical (unpaired) electrons. The first-order valence-corrected chi connectivity index (χ1v) is 12.2. The lowest BCUT2D eigenvalue weighted by molar-refractivity contribution is 0.0948. The number of nitrogens with one attached hydrogen (secondary N) is 3. The first-order chi connectivity index (χ1) is 15.1. The molecule has 0 saturated heterocycles. The van der Waals surface area contributed by atoms with Crippen molar-refractivity contribution in [1.29, 1.82) is 0 Å². The average molecular weight is 573 g/mol. The summed E-state index contributed by atoms with van der Waals surface area (Å²) >= 11 is 0. The molecule has 1 heterocycles. The maximum Gasteiger partial charge on any atom is 0.251 e. The summed E-state index contributed by atoms with van der Waals surface area (Å²) in [6.07, 6.45) is 5.68. The Labute approximate surface area is 209 Å². The van der Waals surface area contributed by atoms with Gasteiger partial charge in [-0.1, -0.05) is 25.5 Å². The molecule has 3 N–H and O–H groups in total. The molecule has 176 valence electrons. The van der Waals surface area contributed by atoms with Crippen molar-refractivity contribution in [2.75, 3.05) is 12.8 Å². The zero-order valence-corrected chi connectivity index (χ0v) is 21.8. The monoisotopic (exact) mass is 572 g/mol. The molecule has 3 rings (SSSR count). The second-order valence-electron chi connectivity index (χ2n) is 7.69. The van der Waals surface area contributed by atoms with Crippen LogP contribution in [-0.4, -0.2) is 40.2 Å². The number of benzene rings is 1. The van der Waals surface area contributed by atoms with E-state index >= 15 is 0 Å². The molecule has 1 amide bonds. The molecule has 0 spiro atoms. The van der Waals surface area contributed by atoms with Gasteiger partial charge in [0.15, 0.2) is 5.96 Å². The smallest absolute Gasteiger partial charge is 0.251 e. The summed E-state index contributed by atoms with van der Waals surface area (Å²) in [4.78, 5) is 16.8. The Bertz CT molecular complexity index is 904. The third-order valence-corrected chi connectivity index (χ3v) is 7.24. The zero-order chi connectivity index (χ0) is 22.1. The molecular formula is C23H33IN4O3S. The van der Waals surface area contributed by atoms with Crippen molar-refractivity contribution in [2.24, 2.45) is 4.99 Å². The highest BCUT2D eigenvalue weighted by Gasteiger charge is 2.26. The quantitative estimate of drug-likeness (QED) is 0.256. The van der Waals surface area contributed by atoms with Gasteiger partial charge < -0.3 is 20.4 Å². The summed E-state index contributed by atoms with van der Waals surface area (Å²) in [6, 6.07) is 11.4. The van der Waals surface area contributed by atoms with Crippen LogP contribution in [0.2, 0.25) is 0 Å². The Morgan fingerprint density at radius 1 is 1.19 bits per heavy atom. The Morgan fingerprint density at radius 2 is 2.03 bits per heavy atom. The number of carbonyl (C=O) groups is 1. The fraction of sp³-hybridized carbons (Fsp3) is 0.478. The van der Waals surface area contributed by atoms with Crippen molar-refractivity contribution >= 4 is 46.6 Å². The van der Waals surface area contributed by atoms with Crippen LogP contribution < -0.4 is 16.0 Å². The van der Waals surface area contributed by atoms with Crippen molar-refractivity contribution in [3.63, 3.8) is 0 Å². The van der Waals surface area contributed by atoms with Crippen LogP contribution in [0.1, 0.15) is 54.3 Å². The molecule has 1 aliphatic rings. The first-order valence-electron chi connectivity index (χ1n) is 10.8. The van der Waals surface area contributed by atoms with E-state index in [1.54, 1.807) is 25.4 Å². The van der Waals surface area contributed by atoms with Crippen LogP contribution in [0.3, 0.4) is 0 Å². The van der Waals surface area contributed by atoms with Gasteiger partial charge in [-0.25, -0.2) is 0 Å². The van der Waals surface area contributed by atoms with Crippen LogP contribution in [0.5, 0.6) is 0 Å². The molecule has 1 aliphatic carbocycles. The second kappa shape index (κ2) is 13.6. The summed E-state index contributed by atoms with van der Waals surface area (Å²) in [5.74, 6) is 2.02. The van der Waals surface area contributed by atoms with Gasteiger partial charge in [0.1, 0.15) is 5.76 Å². The van der Waals surface area contributed by atoms with Crippen LogP contribution >= 0.6 is 24.0 Å². The van der Waals surface area contributed by atoms with Gasteiger partial charge >= 0.3 is 0 Å². The van der Waals surface area contributed by atoms with E-state index < -0.39 is 10.8 Å². The van der Waals surface area contributed by atoms with Crippen LogP contribution in [-0.2, 0) is 23.9 Å². The highest BCUT2D eigenvalue weighted by Crippen LogP contribution is 2.23. The summed E-state index contributed by atoms with van der Waals surface area (Å²) in [5.41, 5.74) is 1.59. The van der Waals surface area contributed by atoms with E-state index in [0.717, 1.165) is 43.0 Å². The molecule has 1 aromatic heterocycles. The number of amides is 1. The Kier molecular flexibility index (Phi) is 11.2. The fourth-order valence-electron chi connectivity index (χ4n) is 3.83. The molecule has 3 unspecified atom stereocenters. The predicted octanol–water partition coefficient (Wildman–Crippen LogP) is 3.57. The highest BCUT2D eigenvalue weighted by molar-refractivity contribution is 14.0. The van der Waals surface area contributed by atoms with Crippen LogP contribution in [0.4, 0.5) is 0 Å². The van der Waals surface area contributed by atoms with Gasteiger partial charge in [-0.15, -0.1) is 24.0 Å². The number of carbonyl (C=O) groups excluding carboxylic acids is 1. The molecule has 3 atom stereocenters. The SMILES string of the molecule is CCS(=O)C1CCCC(NC(=NC)NCc2cccc(C(=O)NCc3ccco3)c2)C1.I. The maximum absolute atomic E-state index is 12.4. The number of hydrogen-bond acceptors (Lipinski definition) is 4. The van der Waals surface area contributed by atoms with E-state index in [2.05, 4.69) is 20.9 Å². The standard InChI is InChI=1S/C23H32N4O3S.HI/c1-3-31(29)21-11-5-9-19(14-21)27-23(24-2)26-15-17-7-4-8-18(13-17)22(28)25-16-20-10-6-12-30-20;/h4,6-8,10,12-13,19,21H,3,5,9,11,14-16H2,1-2H3,(H,25,28)(H2,24,26,27);1H. The van der Waals surface area contributed by atoms with Gasteiger partial charge in [0.2, 0.25) is 0 Å². The Morgan fingerprint density at radius 3 is 2.75 bits per heavy atom. The molecule has 7 nitrogen and oxygen atoms in total. The molecular weight excluding hydrogens is 539 g/mol. The van der Waals surface area contributed by atoms with Gasteiger partial charge in [0, 0.05) is 47.0 Å². The van der Waals surface area contributed by atoms with Gasteiger partial charge in [-0.2, -0.15) is 0 Å². The maximum atomic E-state index is 12.4. The van der Waals surface area contributed by atoms with Crippen molar-refractivity contribution in [1.82, 2.24) is 16.0 Å². The number of aliphatic imine (C=N–C) groups is 1. The number of halogens is 1. The fourth-order valence-corrected chi connectivity index (χ4v) is 5.18. The normalized spacial score (nSPS) is 19.5. The molecule has 0 aliphatic heterocycles. The molecule has 1 saturated carbocycles. The van der Waals surface area contributed by atoms with E-state index in [9.17, 15) is 9.00 Å². The van der Waals surface area contributed by atoms with E-state index in [4.69, 9.17) is 4.42 Å². The number of hydrogen-bond donors (Lipinski definition) is 3. The summed E-state index contributed by atoms with van der Waals surface area (Å²) < 4.78 is 17.4. The van der Waals surface area contributed by atoms with E-state index in [1.807, 2.05) is 31.2 Å². The third kappa shape index (κ3) is 7.91. The molecule has 32 heavy (non-hydrogen) atoms. The molecule has 2 aromatic rings. The number of rotatable bonds is 8. The van der Waals surface area contributed by atoms with Crippen LogP contribution in [0, 0.1) is 0 Å². The minimum absolute atomic E-state index is 0. The molecule has 0 bridgehead atoms. The summed E-state index contributed by atoms with van der Waals surface area (Å²) in [7, 11) is 1.00. The van der Waals surface area contributed by atoms with Crippen LogP contribution in [0.15, 0.2) is 52.1 Å². The van der Waals surface area contributed by atoms with Gasteiger partial charge in [0.25, 0.3) is 5.91 Å². The topological polar surface area (TPSA) is 95.7 Å². The molecule has 9 heteroatoms. The molecule has 1 fully saturated rings. The molecule has 1 aromatic carbocycles. The van der Waals surface area contributed by atoms with Crippen molar-refractivity contribution in [2.45, 2.75) is 57.0 Å². The number of furan rings is 1. The van der Waals surface area contributed by atoms with Crippen LogP contribution in [0.25, 0.3) is 0 Å². The summed E-state index contributed by atoms with van der Waals surface area (Å²) in [6.45, 7) is 2.89. The average Bonchev–Trinajstić information content (AvgIpc) is 3.33. The Hall–Kier alpha value is -1.88. The zero-order valence-electron chi connectivity index (χ0n) is 18.6. The van der Waals surface area contributed by atoms with Crippen molar-refractivity contribution in [3.05, 3.63) is 59.5 Å². The minimum atomic E-state index is -0.747. The van der Waals surface area contributed by atoms with E-state index in [1.165, 1.54) is 0 Å². The van der Waals surface area contributed by atoms with Crippen molar-refractivity contribution in [3.8, 4) is 0 Å². The lowest BCUT2D eigenvalue weighted by atomic mass is 9.95. The largest absolute Gasteiger partial charge is 0.467 e. The van der Waals surface area contributed by atoms with E-state index in [-0.39, 0.29) is 41.2 Å². The minimum Gasteiger partial charge on any atom is -0.467 e. The first kappa shape index (κ1) is 26.4. The predicted molar refractivity (Wildman–Crippen MR) is 140 cm³/mol. The number of guanidine groups is 1. The summed E-state index contributed by atoms with van der Waals surface area (Å²) in [5, 5.41) is 9.93. The van der Waals surface area contributed by atoms with E-state index in [0.29, 0.717) is 24.4 Å². The lowest BCUT2D eigenvalue weighted by Crippen LogP contribution is -2.46. The Balaban J connectivity index is 0.00000363. The van der Waals surface area contributed by atoms with Gasteiger partial charge in [-0.05, 0) is 49.1 Å². The van der Waals surface area contributed by atoms with Gasteiger partial charge in [0.05, 0.1) is 12.8 Å². The highest BCUT2D eigenvalue weighted by atomic mass is 127. The van der Waals surface area contributed by atoms with Crippen molar-refractivity contribution < 1.29 is 13.4 Å². The van der Waals surface area contributed by atoms with Gasteiger partial charge in [-0.3, -0.25) is 14.0 Å². The third-order valence-electron chi connectivity index (χ3n) is 5.50. The number of nitrogens with zero attached hydrogens (tertiary/aromatic N) is 1. The lowest BCUT2D eigenvalue weighted by Gasteiger charge is -2.30.